The fourth-order valence-electron chi connectivity index (χ4n) is 0.521. The zero-order valence-electron chi connectivity index (χ0n) is 6.79. The van der Waals surface area contributed by atoms with E-state index in [-0.39, 0.29) is 12.6 Å². The summed E-state index contributed by atoms with van der Waals surface area (Å²) >= 11 is 0. The van der Waals surface area contributed by atoms with Crippen LogP contribution in [-0.4, -0.2) is 21.0 Å². The Bertz CT molecular complexity index is 209. The summed E-state index contributed by atoms with van der Waals surface area (Å²) in [5, 5.41) is 0. The molecule has 0 fully saturated rings. The molecule has 11 heavy (non-hydrogen) atoms. The molecule has 0 bridgehead atoms. The van der Waals surface area contributed by atoms with Gasteiger partial charge in [-0.15, -0.1) is 6.58 Å². The summed E-state index contributed by atoms with van der Waals surface area (Å²) in [4.78, 5) is 0. The lowest BCUT2D eigenvalue weighted by molar-refractivity contribution is 0.559. The third-order valence-corrected chi connectivity index (χ3v) is 2.14. The van der Waals surface area contributed by atoms with Gasteiger partial charge in [0.1, 0.15) is 0 Å². The minimum atomic E-state index is -3.31. The molecule has 0 aromatic rings. The van der Waals surface area contributed by atoms with Crippen molar-refractivity contribution in [2.75, 3.05) is 6.54 Å². The van der Waals surface area contributed by atoms with E-state index in [2.05, 4.69) is 16.0 Å². The maximum atomic E-state index is 10.9. The number of rotatable bonds is 5. The summed E-state index contributed by atoms with van der Waals surface area (Å²) in [6.07, 6.45) is 1.49. The van der Waals surface area contributed by atoms with Crippen LogP contribution in [0.2, 0.25) is 0 Å². The minimum Gasteiger partial charge on any atom is -0.200 e. The molecule has 0 saturated heterocycles. The number of hydrogen-bond donors (Lipinski definition) is 2. The molecule has 0 unspecified atom stereocenters. The zero-order chi connectivity index (χ0) is 8.91. The van der Waals surface area contributed by atoms with Gasteiger partial charge in [0.2, 0.25) is 0 Å². The van der Waals surface area contributed by atoms with Crippen LogP contribution >= 0.6 is 0 Å². The summed E-state index contributed by atoms with van der Waals surface area (Å²) in [7, 11) is -3.31. The maximum absolute atomic E-state index is 10.9. The average molecular weight is 178 g/mol. The van der Waals surface area contributed by atoms with Crippen LogP contribution in [0.4, 0.5) is 0 Å². The lowest BCUT2D eigenvalue weighted by atomic mass is 10.4. The number of hydrogen-bond acceptors (Lipinski definition) is 2. The smallest absolute Gasteiger partial charge is 0.200 e. The van der Waals surface area contributed by atoms with E-state index in [1.807, 2.05) is 0 Å². The Morgan fingerprint density at radius 1 is 1.55 bits per heavy atom. The van der Waals surface area contributed by atoms with Gasteiger partial charge in [-0.25, -0.2) is 0 Å². The van der Waals surface area contributed by atoms with Gasteiger partial charge in [-0.05, 0) is 13.8 Å². The third-order valence-electron chi connectivity index (χ3n) is 0.809. The quantitative estimate of drug-likeness (QED) is 0.582. The van der Waals surface area contributed by atoms with Crippen LogP contribution in [0.1, 0.15) is 13.8 Å². The van der Waals surface area contributed by atoms with Gasteiger partial charge < -0.3 is 0 Å². The second-order valence-corrected chi connectivity index (χ2v) is 3.94. The molecule has 0 heterocycles. The molecule has 2 N–H and O–H groups in total. The molecule has 0 spiro atoms. The van der Waals surface area contributed by atoms with E-state index < -0.39 is 10.2 Å². The van der Waals surface area contributed by atoms with Gasteiger partial charge in [0, 0.05) is 12.6 Å². The van der Waals surface area contributed by atoms with Gasteiger partial charge in [-0.2, -0.15) is 17.9 Å². The second-order valence-electron chi connectivity index (χ2n) is 2.41. The van der Waals surface area contributed by atoms with Crippen molar-refractivity contribution in [3.05, 3.63) is 12.7 Å². The molecule has 5 heteroatoms. The van der Waals surface area contributed by atoms with Gasteiger partial charge >= 0.3 is 0 Å². The van der Waals surface area contributed by atoms with Crippen molar-refractivity contribution in [2.24, 2.45) is 0 Å². The Labute approximate surface area is 67.9 Å². The van der Waals surface area contributed by atoms with Gasteiger partial charge in [-0.3, -0.25) is 0 Å². The summed E-state index contributed by atoms with van der Waals surface area (Å²) in [5.74, 6) is 0. The third kappa shape index (κ3) is 6.03. The maximum Gasteiger partial charge on any atom is 0.277 e. The largest absolute Gasteiger partial charge is 0.277 e. The van der Waals surface area contributed by atoms with E-state index >= 15 is 0 Å². The molecule has 4 nitrogen and oxygen atoms in total. The first-order chi connectivity index (χ1) is 4.98. The van der Waals surface area contributed by atoms with Gasteiger partial charge in [0.15, 0.2) is 0 Å². The standard InChI is InChI=1S/C6H14N2O2S/c1-4-5-7-11(9,10)8-6(2)3/h4,6-8H,1,5H2,2-3H3. The van der Waals surface area contributed by atoms with Crippen molar-refractivity contribution in [2.45, 2.75) is 19.9 Å². The molecular weight excluding hydrogens is 164 g/mol. The molecule has 0 aromatic carbocycles. The Hall–Kier alpha value is -0.390. The lowest BCUT2D eigenvalue weighted by Crippen LogP contribution is -2.40. The van der Waals surface area contributed by atoms with Gasteiger partial charge in [0.25, 0.3) is 10.2 Å². The highest BCUT2D eigenvalue weighted by Crippen LogP contribution is 1.82. The first-order valence-corrected chi connectivity index (χ1v) is 4.84. The highest BCUT2D eigenvalue weighted by atomic mass is 32.2. The molecular formula is C6H14N2O2S. The van der Waals surface area contributed by atoms with Crippen LogP contribution in [-0.2, 0) is 10.2 Å². The molecule has 0 aromatic heterocycles. The molecule has 66 valence electrons. The topological polar surface area (TPSA) is 58.2 Å². The van der Waals surface area contributed by atoms with Crippen LogP contribution in [0.5, 0.6) is 0 Å². The second kappa shape index (κ2) is 4.48. The molecule has 0 aliphatic carbocycles. The molecule has 0 radical (unpaired) electrons. The summed E-state index contributed by atoms with van der Waals surface area (Å²) < 4.78 is 26.5. The van der Waals surface area contributed by atoms with Crippen LogP contribution in [0.25, 0.3) is 0 Å². The Balaban J connectivity index is 3.91. The molecule has 0 rings (SSSR count). The van der Waals surface area contributed by atoms with E-state index in [0.29, 0.717) is 0 Å². The first-order valence-electron chi connectivity index (χ1n) is 3.36. The van der Waals surface area contributed by atoms with Crippen molar-refractivity contribution < 1.29 is 8.42 Å². The molecule has 0 atom stereocenters. The van der Waals surface area contributed by atoms with Crippen molar-refractivity contribution in [3.8, 4) is 0 Å². The summed E-state index contributed by atoms with van der Waals surface area (Å²) in [5.41, 5.74) is 0. The fourth-order valence-corrected chi connectivity index (χ4v) is 1.56. The Morgan fingerprint density at radius 2 is 2.09 bits per heavy atom. The summed E-state index contributed by atoms with van der Waals surface area (Å²) in [6.45, 7) is 7.15. The summed E-state index contributed by atoms with van der Waals surface area (Å²) in [6, 6.07) is -0.0858. The van der Waals surface area contributed by atoms with Gasteiger partial charge in [-0.1, -0.05) is 6.08 Å². The molecule has 0 aliphatic rings. The van der Waals surface area contributed by atoms with Crippen molar-refractivity contribution >= 4 is 10.2 Å². The Morgan fingerprint density at radius 3 is 2.45 bits per heavy atom. The van der Waals surface area contributed by atoms with Crippen LogP contribution in [0.3, 0.4) is 0 Å². The SMILES string of the molecule is C=CCNS(=O)(=O)NC(C)C. The number of nitrogens with one attached hydrogen (secondary N) is 2. The van der Waals surface area contributed by atoms with Crippen LogP contribution in [0.15, 0.2) is 12.7 Å². The zero-order valence-corrected chi connectivity index (χ0v) is 7.61. The monoisotopic (exact) mass is 178 g/mol. The highest BCUT2D eigenvalue weighted by Gasteiger charge is 2.08. The van der Waals surface area contributed by atoms with E-state index in [0.717, 1.165) is 0 Å². The highest BCUT2D eigenvalue weighted by molar-refractivity contribution is 7.87. The first kappa shape index (κ1) is 10.6. The fraction of sp³-hybridized carbons (Fsp3) is 0.667. The Kier molecular flexibility index (Phi) is 4.32. The van der Waals surface area contributed by atoms with Crippen LogP contribution < -0.4 is 9.44 Å². The van der Waals surface area contributed by atoms with Crippen molar-refractivity contribution in [1.82, 2.24) is 9.44 Å². The molecule has 0 saturated carbocycles. The predicted octanol–water partition coefficient (Wildman–Crippen LogP) is 0.00480. The van der Waals surface area contributed by atoms with Crippen LogP contribution in [0, 0.1) is 0 Å². The van der Waals surface area contributed by atoms with Crippen molar-refractivity contribution in [3.63, 3.8) is 0 Å². The normalized spacial score (nSPS) is 11.9. The molecule has 0 aliphatic heterocycles. The van der Waals surface area contributed by atoms with E-state index in [9.17, 15) is 8.42 Å². The lowest BCUT2D eigenvalue weighted by Gasteiger charge is -2.08. The van der Waals surface area contributed by atoms with E-state index in [4.69, 9.17) is 0 Å². The molecule has 0 amide bonds. The van der Waals surface area contributed by atoms with Crippen molar-refractivity contribution in [1.29, 1.82) is 0 Å². The van der Waals surface area contributed by atoms with E-state index in [1.54, 1.807) is 13.8 Å². The minimum absolute atomic E-state index is 0.0858. The van der Waals surface area contributed by atoms with Gasteiger partial charge in [0.05, 0.1) is 0 Å². The average Bonchev–Trinajstić information content (AvgIpc) is 1.81. The predicted molar refractivity (Wildman–Crippen MR) is 45.4 cm³/mol. The van der Waals surface area contributed by atoms with E-state index in [1.165, 1.54) is 6.08 Å².